The number of hydrogen-bond acceptors (Lipinski definition) is 4. The zero-order valence-corrected chi connectivity index (χ0v) is 18.5. The van der Waals surface area contributed by atoms with Gasteiger partial charge in [-0.15, -0.1) is 0 Å². The second kappa shape index (κ2) is 7.05. The number of hydrogen-bond donors (Lipinski definition) is 0. The molecule has 0 unspecified atom stereocenters. The second-order valence-corrected chi connectivity index (χ2v) is 11.7. The fourth-order valence-corrected chi connectivity index (χ4v) is 6.25. The van der Waals surface area contributed by atoms with Crippen molar-refractivity contribution in [3.63, 3.8) is 0 Å². The summed E-state index contributed by atoms with van der Waals surface area (Å²) in [5.41, 5.74) is 2.01. The Hall–Kier alpha value is -2.47. The molecule has 0 aliphatic carbocycles. The maximum absolute atomic E-state index is 13.2. The Kier molecular flexibility index (Phi) is 4.88. The van der Waals surface area contributed by atoms with Gasteiger partial charge >= 0.3 is 0 Å². The molecule has 2 aromatic carbocycles. The number of carbonyl (C=O) groups excluding carboxylic acids is 2. The first-order chi connectivity index (χ1) is 14.0. The number of sulfone groups is 1. The number of Topliss-reactive ketones (excluding diaryl/α,β-unsaturated/α-hetero) is 1. The SMILES string of the molecule is CC1(CC(=O)c2ccc3c(c2)C(C)(C)C(=O)N3c2ccccc2)CCS(=O)(=O)CC1. The van der Waals surface area contributed by atoms with Crippen molar-refractivity contribution >= 4 is 32.9 Å². The Morgan fingerprint density at radius 1 is 1.00 bits per heavy atom. The molecule has 30 heavy (non-hydrogen) atoms. The van der Waals surface area contributed by atoms with E-state index in [9.17, 15) is 18.0 Å². The largest absolute Gasteiger partial charge is 0.294 e. The van der Waals surface area contributed by atoms with E-state index in [1.165, 1.54) is 0 Å². The van der Waals surface area contributed by atoms with Crippen LogP contribution < -0.4 is 4.90 Å². The quantitative estimate of drug-likeness (QED) is 0.680. The average molecular weight is 426 g/mol. The van der Waals surface area contributed by atoms with Crippen molar-refractivity contribution in [2.45, 2.75) is 45.4 Å². The molecule has 2 aromatic rings. The molecular weight excluding hydrogens is 398 g/mol. The van der Waals surface area contributed by atoms with Crippen LogP contribution in [0.3, 0.4) is 0 Å². The van der Waals surface area contributed by atoms with Crippen molar-refractivity contribution in [2.24, 2.45) is 5.41 Å². The lowest BCUT2D eigenvalue weighted by atomic mass is 9.78. The molecule has 0 N–H and O–H groups in total. The van der Waals surface area contributed by atoms with Gasteiger partial charge in [0.15, 0.2) is 5.78 Å². The van der Waals surface area contributed by atoms with Gasteiger partial charge in [0.1, 0.15) is 9.84 Å². The number of ketones is 1. The van der Waals surface area contributed by atoms with Crippen LogP contribution in [0.1, 0.15) is 56.0 Å². The van der Waals surface area contributed by atoms with Crippen LogP contribution >= 0.6 is 0 Å². The first-order valence-corrected chi connectivity index (χ1v) is 12.1. The van der Waals surface area contributed by atoms with Crippen molar-refractivity contribution in [3.05, 3.63) is 59.7 Å². The lowest BCUT2D eigenvalue weighted by Gasteiger charge is -2.32. The summed E-state index contributed by atoms with van der Waals surface area (Å²) in [5, 5.41) is 0. The lowest BCUT2D eigenvalue weighted by molar-refractivity contribution is -0.121. The first kappa shape index (κ1) is 20.8. The van der Waals surface area contributed by atoms with E-state index in [1.54, 1.807) is 11.0 Å². The highest BCUT2D eigenvalue weighted by atomic mass is 32.2. The Balaban J connectivity index is 1.63. The summed E-state index contributed by atoms with van der Waals surface area (Å²) in [6.45, 7) is 5.77. The summed E-state index contributed by atoms with van der Waals surface area (Å²) in [6, 6.07) is 15.0. The predicted octanol–water partition coefficient (Wildman–Crippen LogP) is 4.43. The van der Waals surface area contributed by atoms with Crippen LogP contribution in [0.25, 0.3) is 0 Å². The van der Waals surface area contributed by atoms with E-state index in [1.807, 2.05) is 63.2 Å². The molecule has 1 fully saturated rings. The van der Waals surface area contributed by atoms with Crippen LogP contribution in [0.15, 0.2) is 48.5 Å². The molecular formula is C24H27NO4S. The predicted molar refractivity (Wildman–Crippen MR) is 118 cm³/mol. The summed E-state index contributed by atoms with van der Waals surface area (Å²) in [5.74, 6) is 0.280. The van der Waals surface area contributed by atoms with Gasteiger partial charge in [-0.05, 0) is 68.0 Å². The number of benzene rings is 2. The van der Waals surface area contributed by atoms with Gasteiger partial charge in [0.25, 0.3) is 0 Å². The van der Waals surface area contributed by atoms with Gasteiger partial charge in [0.2, 0.25) is 5.91 Å². The highest BCUT2D eigenvalue weighted by Crippen LogP contribution is 2.46. The van der Waals surface area contributed by atoms with E-state index in [2.05, 4.69) is 0 Å². The smallest absolute Gasteiger partial charge is 0.241 e. The second-order valence-electron chi connectivity index (χ2n) is 9.40. The van der Waals surface area contributed by atoms with Crippen LogP contribution in [-0.2, 0) is 20.0 Å². The highest BCUT2D eigenvalue weighted by molar-refractivity contribution is 7.91. The summed E-state index contributed by atoms with van der Waals surface area (Å²) >= 11 is 0. The molecule has 2 aliphatic heterocycles. The number of nitrogens with zero attached hydrogens (tertiary/aromatic N) is 1. The summed E-state index contributed by atoms with van der Waals surface area (Å²) < 4.78 is 23.5. The molecule has 158 valence electrons. The van der Waals surface area contributed by atoms with Crippen LogP contribution in [0, 0.1) is 5.41 Å². The van der Waals surface area contributed by atoms with Gasteiger partial charge in [0, 0.05) is 17.7 Å². The van der Waals surface area contributed by atoms with Crippen LogP contribution in [0.5, 0.6) is 0 Å². The number of amides is 1. The lowest BCUT2D eigenvalue weighted by Crippen LogP contribution is -2.33. The van der Waals surface area contributed by atoms with Gasteiger partial charge in [-0.25, -0.2) is 8.42 Å². The highest BCUT2D eigenvalue weighted by Gasteiger charge is 2.45. The summed E-state index contributed by atoms with van der Waals surface area (Å²) in [7, 11) is -2.97. The fraction of sp³-hybridized carbons (Fsp3) is 0.417. The summed E-state index contributed by atoms with van der Waals surface area (Å²) in [6.07, 6.45) is 1.34. The van der Waals surface area contributed by atoms with Gasteiger partial charge < -0.3 is 0 Å². The molecule has 0 bridgehead atoms. The minimum atomic E-state index is -2.97. The average Bonchev–Trinajstić information content (AvgIpc) is 2.91. The number of rotatable bonds is 4. The van der Waals surface area contributed by atoms with Crippen molar-refractivity contribution in [1.82, 2.24) is 0 Å². The fourth-order valence-electron chi connectivity index (χ4n) is 4.44. The van der Waals surface area contributed by atoms with Crippen molar-refractivity contribution in [2.75, 3.05) is 16.4 Å². The van der Waals surface area contributed by atoms with Crippen molar-refractivity contribution in [1.29, 1.82) is 0 Å². The van der Waals surface area contributed by atoms with E-state index in [-0.39, 0.29) is 28.6 Å². The van der Waals surface area contributed by atoms with Gasteiger partial charge in [0.05, 0.1) is 22.6 Å². The molecule has 0 radical (unpaired) electrons. The third kappa shape index (κ3) is 3.58. The monoisotopic (exact) mass is 425 g/mol. The van der Waals surface area contributed by atoms with Crippen LogP contribution in [-0.4, -0.2) is 31.6 Å². The Morgan fingerprint density at radius 3 is 2.27 bits per heavy atom. The molecule has 1 saturated heterocycles. The maximum Gasteiger partial charge on any atom is 0.241 e. The van der Waals surface area contributed by atoms with E-state index >= 15 is 0 Å². The first-order valence-electron chi connectivity index (χ1n) is 10.3. The Bertz CT molecular complexity index is 1110. The molecule has 4 rings (SSSR count). The minimum absolute atomic E-state index is 0.000933. The topological polar surface area (TPSA) is 71.5 Å². The third-order valence-corrected chi connectivity index (χ3v) is 8.26. The molecule has 6 heteroatoms. The number of para-hydroxylation sites is 1. The van der Waals surface area contributed by atoms with Gasteiger partial charge in [-0.1, -0.05) is 25.1 Å². The Morgan fingerprint density at radius 2 is 1.63 bits per heavy atom. The molecule has 1 amide bonds. The van der Waals surface area contributed by atoms with Crippen molar-refractivity contribution in [3.8, 4) is 0 Å². The van der Waals surface area contributed by atoms with Gasteiger partial charge in [-0.3, -0.25) is 14.5 Å². The normalized spacial score (nSPS) is 21.3. The summed E-state index contributed by atoms with van der Waals surface area (Å²) in [4.78, 5) is 28.0. The molecule has 2 aliphatic rings. The van der Waals surface area contributed by atoms with Crippen LogP contribution in [0.4, 0.5) is 11.4 Å². The third-order valence-electron chi connectivity index (χ3n) is 6.61. The Labute approximate surface area is 178 Å². The van der Waals surface area contributed by atoms with E-state index < -0.39 is 15.3 Å². The molecule has 5 nitrogen and oxygen atoms in total. The van der Waals surface area contributed by atoms with E-state index in [0.717, 1.165) is 16.9 Å². The van der Waals surface area contributed by atoms with Crippen LogP contribution in [0.2, 0.25) is 0 Å². The number of anilines is 2. The molecule has 0 spiro atoms. The zero-order chi connectivity index (χ0) is 21.7. The molecule has 0 atom stereocenters. The number of fused-ring (bicyclic) bond motifs is 1. The maximum atomic E-state index is 13.2. The van der Waals surface area contributed by atoms with Gasteiger partial charge in [-0.2, -0.15) is 0 Å². The van der Waals surface area contributed by atoms with Crippen molar-refractivity contribution < 1.29 is 18.0 Å². The molecule has 0 saturated carbocycles. The molecule has 0 aromatic heterocycles. The standard InChI is InChI=1S/C24H27NO4S/c1-23(2)19-15-17(21(26)16-24(3)11-13-30(28,29)14-12-24)9-10-20(19)25(22(23)27)18-7-5-4-6-8-18/h4-10,15H,11-14,16H2,1-3H3. The number of carbonyl (C=O) groups is 2. The minimum Gasteiger partial charge on any atom is -0.294 e. The molecule has 2 heterocycles. The zero-order valence-electron chi connectivity index (χ0n) is 17.6. The van der Waals surface area contributed by atoms with E-state index in [0.29, 0.717) is 24.8 Å². The van der Waals surface area contributed by atoms with E-state index in [4.69, 9.17) is 0 Å².